The van der Waals surface area contributed by atoms with Crippen LogP contribution in [0.3, 0.4) is 0 Å². The number of hydrogen-bond donors (Lipinski definition) is 1. The van der Waals surface area contributed by atoms with E-state index in [0.29, 0.717) is 16.9 Å². The molecule has 2 nitrogen and oxygen atoms in total. The fraction of sp³-hybridized carbons (Fsp3) is 0.0714. The predicted molar refractivity (Wildman–Crippen MR) is 78.0 cm³/mol. The quantitative estimate of drug-likeness (QED) is 0.871. The van der Waals surface area contributed by atoms with Crippen molar-refractivity contribution in [2.24, 2.45) is 5.73 Å². The van der Waals surface area contributed by atoms with Gasteiger partial charge in [-0.05, 0) is 18.2 Å². The van der Waals surface area contributed by atoms with E-state index in [0.717, 1.165) is 0 Å². The third-order valence-electron chi connectivity index (χ3n) is 2.62. The molecule has 0 aliphatic rings. The molecule has 0 unspecified atom stereocenters. The Balaban J connectivity index is 2.10. The minimum Gasteiger partial charge on any atom is -0.489 e. The first-order chi connectivity index (χ1) is 9.47. The molecule has 6 heteroatoms. The number of nitrogens with two attached hydrogens (primary N) is 1. The van der Waals surface area contributed by atoms with Gasteiger partial charge in [-0.2, -0.15) is 0 Å². The van der Waals surface area contributed by atoms with Crippen molar-refractivity contribution in [2.45, 2.75) is 6.61 Å². The summed E-state index contributed by atoms with van der Waals surface area (Å²) in [5.74, 6) is -0.649. The molecule has 0 saturated carbocycles. The molecule has 0 fully saturated rings. The van der Waals surface area contributed by atoms with E-state index in [9.17, 15) is 8.78 Å². The second-order valence-electron chi connectivity index (χ2n) is 4.04. The third kappa shape index (κ3) is 3.43. The third-order valence-corrected chi connectivity index (χ3v) is 3.15. The number of ether oxygens (including phenoxy) is 1. The summed E-state index contributed by atoms with van der Waals surface area (Å²) in [4.78, 5) is 0.127. The molecule has 0 radical (unpaired) electrons. The molecule has 0 atom stereocenters. The summed E-state index contributed by atoms with van der Waals surface area (Å²) < 4.78 is 32.1. The van der Waals surface area contributed by atoms with Crippen LogP contribution in [0.1, 0.15) is 11.1 Å². The van der Waals surface area contributed by atoms with Crippen molar-refractivity contribution in [1.29, 1.82) is 0 Å². The molecule has 2 aromatic carbocycles. The standard InChI is InChI=1S/C14H10ClF2NOS/c15-11-6-10(3-4-12(11)16)19-7-9-2-1-8(14(18)20)5-13(9)17/h1-6H,7H2,(H2,18,20). The van der Waals surface area contributed by atoms with Crippen molar-refractivity contribution < 1.29 is 13.5 Å². The van der Waals surface area contributed by atoms with E-state index in [4.69, 9.17) is 34.3 Å². The predicted octanol–water partition coefficient (Wildman–Crippen LogP) is 3.83. The number of halogens is 3. The van der Waals surface area contributed by atoms with Crippen LogP contribution in [0.15, 0.2) is 36.4 Å². The highest BCUT2D eigenvalue weighted by Gasteiger charge is 2.07. The van der Waals surface area contributed by atoms with Gasteiger partial charge in [0, 0.05) is 17.2 Å². The SMILES string of the molecule is NC(=S)c1ccc(COc2ccc(F)c(Cl)c2)c(F)c1. The highest BCUT2D eigenvalue weighted by molar-refractivity contribution is 7.80. The van der Waals surface area contributed by atoms with Gasteiger partial charge in [0.1, 0.15) is 29.0 Å². The topological polar surface area (TPSA) is 35.2 Å². The second kappa shape index (κ2) is 6.15. The number of rotatable bonds is 4. The fourth-order valence-electron chi connectivity index (χ4n) is 1.55. The molecule has 0 saturated heterocycles. The lowest BCUT2D eigenvalue weighted by molar-refractivity contribution is 0.299. The molecule has 2 aromatic rings. The summed E-state index contributed by atoms with van der Waals surface area (Å²) in [5.41, 5.74) is 6.20. The van der Waals surface area contributed by atoms with Gasteiger partial charge in [-0.25, -0.2) is 8.78 Å². The molecular weight excluding hydrogens is 304 g/mol. The Morgan fingerprint density at radius 3 is 2.50 bits per heavy atom. The van der Waals surface area contributed by atoms with Crippen LogP contribution in [-0.2, 0) is 6.61 Å². The monoisotopic (exact) mass is 313 g/mol. The van der Waals surface area contributed by atoms with Crippen LogP contribution in [0.25, 0.3) is 0 Å². The van der Waals surface area contributed by atoms with Gasteiger partial charge in [-0.3, -0.25) is 0 Å². The van der Waals surface area contributed by atoms with E-state index >= 15 is 0 Å². The van der Waals surface area contributed by atoms with Crippen LogP contribution < -0.4 is 10.5 Å². The van der Waals surface area contributed by atoms with Crippen molar-refractivity contribution in [3.63, 3.8) is 0 Å². The lowest BCUT2D eigenvalue weighted by atomic mass is 10.1. The zero-order chi connectivity index (χ0) is 14.7. The summed E-state index contributed by atoms with van der Waals surface area (Å²) in [6, 6.07) is 8.33. The van der Waals surface area contributed by atoms with E-state index < -0.39 is 11.6 Å². The number of thiocarbonyl (C=S) groups is 1. The van der Waals surface area contributed by atoms with Crippen LogP contribution >= 0.6 is 23.8 Å². The average molecular weight is 314 g/mol. The minimum atomic E-state index is -0.536. The van der Waals surface area contributed by atoms with E-state index in [1.807, 2.05) is 0 Å². The zero-order valence-electron chi connectivity index (χ0n) is 10.2. The summed E-state index contributed by atoms with van der Waals surface area (Å²) in [6.07, 6.45) is 0. The zero-order valence-corrected chi connectivity index (χ0v) is 11.8. The molecule has 2 N–H and O–H groups in total. The Kier molecular flexibility index (Phi) is 4.52. The molecule has 0 aliphatic heterocycles. The Morgan fingerprint density at radius 1 is 1.15 bits per heavy atom. The first kappa shape index (κ1) is 14.7. The highest BCUT2D eigenvalue weighted by atomic mass is 35.5. The molecule has 20 heavy (non-hydrogen) atoms. The lowest BCUT2D eigenvalue weighted by Crippen LogP contribution is -2.10. The van der Waals surface area contributed by atoms with Crippen LogP contribution in [0.5, 0.6) is 5.75 Å². The molecule has 0 aliphatic carbocycles. The summed E-state index contributed by atoms with van der Waals surface area (Å²) in [6.45, 7) is -0.00852. The van der Waals surface area contributed by atoms with Gasteiger partial charge in [-0.1, -0.05) is 36.0 Å². The molecular formula is C14H10ClF2NOS. The van der Waals surface area contributed by atoms with Crippen molar-refractivity contribution >= 4 is 28.8 Å². The largest absolute Gasteiger partial charge is 0.489 e. The molecule has 2 rings (SSSR count). The second-order valence-corrected chi connectivity index (χ2v) is 4.88. The van der Waals surface area contributed by atoms with E-state index in [1.54, 1.807) is 6.07 Å². The van der Waals surface area contributed by atoms with Crippen molar-refractivity contribution in [3.8, 4) is 5.75 Å². The van der Waals surface area contributed by atoms with Gasteiger partial charge in [0.05, 0.1) is 5.02 Å². The van der Waals surface area contributed by atoms with Crippen molar-refractivity contribution in [1.82, 2.24) is 0 Å². The van der Waals surface area contributed by atoms with Crippen LogP contribution in [-0.4, -0.2) is 4.99 Å². The van der Waals surface area contributed by atoms with Crippen molar-refractivity contribution in [2.75, 3.05) is 0 Å². The molecule has 0 bridgehead atoms. The normalized spacial score (nSPS) is 10.3. The van der Waals surface area contributed by atoms with E-state index in [2.05, 4.69) is 0 Å². The maximum atomic E-state index is 13.8. The fourth-order valence-corrected chi connectivity index (χ4v) is 1.84. The smallest absolute Gasteiger partial charge is 0.142 e. The Morgan fingerprint density at radius 2 is 1.90 bits per heavy atom. The number of hydrogen-bond acceptors (Lipinski definition) is 2. The van der Waals surface area contributed by atoms with Gasteiger partial charge in [0.25, 0.3) is 0 Å². The maximum absolute atomic E-state index is 13.8. The van der Waals surface area contributed by atoms with Crippen LogP contribution in [0.2, 0.25) is 5.02 Å². The summed E-state index contributed by atoms with van der Waals surface area (Å²) >= 11 is 10.4. The molecule has 104 valence electrons. The van der Waals surface area contributed by atoms with Crippen molar-refractivity contribution in [3.05, 3.63) is 64.2 Å². The number of benzene rings is 2. The Hall–Kier alpha value is -1.72. The molecule has 0 heterocycles. The van der Waals surface area contributed by atoms with E-state index in [1.165, 1.54) is 30.3 Å². The first-order valence-corrected chi connectivity index (χ1v) is 6.42. The first-order valence-electron chi connectivity index (χ1n) is 5.63. The van der Waals surface area contributed by atoms with E-state index in [-0.39, 0.29) is 16.6 Å². The van der Waals surface area contributed by atoms with Gasteiger partial charge in [-0.15, -0.1) is 0 Å². The summed E-state index contributed by atoms with van der Waals surface area (Å²) in [7, 11) is 0. The highest BCUT2D eigenvalue weighted by Crippen LogP contribution is 2.22. The Labute approximate surface area is 125 Å². The molecule has 0 spiro atoms. The van der Waals surface area contributed by atoms with Gasteiger partial charge < -0.3 is 10.5 Å². The van der Waals surface area contributed by atoms with Gasteiger partial charge >= 0.3 is 0 Å². The van der Waals surface area contributed by atoms with Crippen LogP contribution in [0.4, 0.5) is 8.78 Å². The lowest BCUT2D eigenvalue weighted by Gasteiger charge is -2.09. The molecule has 0 aromatic heterocycles. The average Bonchev–Trinajstić information content (AvgIpc) is 2.41. The summed E-state index contributed by atoms with van der Waals surface area (Å²) in [5, 5.41) is -0.0493. The minimum absolute atomic E-state index is 0.00852. The maximum Gasteiger partial charge on any atom is 0.142 e. The van der Waals surface area contributed by atoms with Crippen LogP contribution in [0, 0.1) is 11.6 Å². The van der Waals surface area contributed by atoms with Gasteiger partial charge in [0.15, 0.2) is 0 Å². The Bertz CT molecular complexity index is 664. The molecule has 0 amide bonds. The van der Waals surface area contributed by atoms with Gasteiger partial charge in [0.2, 0.25) is 0 Å².